The molecule has 152 valence electrons. The predicted molar refractivity (Wildman–Crippen MR) is 111 cm³/mol. The molecule has 0 spiro atoms. The van der Waals surface area contributed by atoms with Crippen molar-refractivity contribution in [3.8, 4) is 0 Å². The van der Waals surface area contributed by atoms with E-state index in [4.69, 9.17) is 4.74 Å². The molecular weight excluding hydrogens is 340 g/mol. The van der Waals surface area contributed by atoms with Gasteiger partial charge in [-0.1, -0.05) is 30.3 Å². The Bertz CT molecular complexity index is 559. The maximum Gasteiger partial charge on any atom is 0.190 e. The van der Waals surface area contributed by atoms with E-state index in [9.17, 15) is 5.11 Å². The lowest BCUT2D eigenvalue weighted by Gasteiger charge is -2.28. The number of nitrogens with zero attached hydrogens (tertiary/aromatic N) is 2. The Morgan fingerprint density at radius 3 is 2.74 bits per heavy atom. The summed E-state index contributed by atoms with van der Waals surface area (Å²) in [4.78, 5) is 6.70. The summed E-state index contributed by atoms with van der Waals surface area (Å²) >= 11 is 0. The van der Waals surface area contributed by atoms with Crippen LogP contribution >= 0.6 is 0 Å². The van der Waals surface area contributed by atoms with Gasteiger partial charge in [-0.3, -0.25) is 9.89 Å². The van der Waals surface area contributed by atoms with Crippen LogP contribution < -0.4 is 10.6 Å². The van der Waals surface area contributed by atoms with E-state index in [0.29, 0.717) is 12.6 Å². The van der Waals surface area contributed by atoms with Gasteiger partial charge in [0, 0.05) is 51.4 Å². The highest BCUT2D eigenvalue weighted by atomic mass is 16.5. The van der Waals surface area contributed by atoms with E-state index < -0.39 is 0 Å². The molecule has 0 aromatic heterocycles. The molecule has 2 rings (SSSR count). The van der Waals surface area contributed by atoms with Gasteiger partial charge in [0.15, 0.2) is 5.96 Å². The summed E-state index contributed by atoms with van der Waals surface area (Å²) in [6, 6.07) is 11.0. The zero-order valence-electron chi connectivity index (χ0n) is 17.1. The summed E-state index contributed by atoms with van der Waals surface area (Å²) in [7, 11) is 3.97. The minimum absolute atomic E-state index is 0.0234. The lowest BCUT2D eigenvalue weighted by Crippen LogP contribution is -2.45. The first-order valence-corrected chi connectivity index (χ1v) is 9.96. The lowest BCUT2D eigenvalue weighted by molar-refractivity contribution is 0.127. The number of benzene rings is 1. The Hall–Kier alpha value is -1.63. The second-order valence-electron chi connectivity index (χ2n) is 7.67. The molecule has 1 fully saturated rings. The number of aliphatic hydroxyl groups excluding tert-OH is 1. The third-order valence-corrected chi connectivity index (χ3v) is 5.56. The van der Waals surface area contributed by atoms with Crippen molar-refractivity contribution in [2.75, 3.05) is 47.0 Å². The molecule has 0 amide bonds. The Labute approximate surface area is 164 Å². The topological polar surface area (TPSA) is 69.1 Å². The molecule has 0 radical (unpaired) electrons. The van der Waals surface area contributed by atoms with E-state index in [1.165, 1.54) is 5.56 Å². The van der Waals surface area contributed by atoms with Gasteiger partial charge in [0.1, 0.15) is 0 Å². The summed E-state index contributed by atoms with van der Waals surface area (Å²) in [5, 5.41) is 16.2. The standard InChI is InChI=1S/C21H36N4O2/c1-18(25(3)15-19-7-5-4-6-8-19)9-12-23-20(22-2)24-16-21(10-13-26)11-14-27-17-21/h4-8,18,26H,9-17H2,1-3H3,(H2,22,23,24). The number of aliphatic imine (C=N–C) groups is 1. The zero-order valence-corrected chi connectivity index (χ0v) is 17.1. The van der Waals surface area contributed by atoms with Gasteiger partial charge in [0.05, 0.1) is 6.61 Å². The highest BCUT2D eigenvalue weighted by Gasteiger charge is 2.34. The van der Waals surface area contributed by atoms with Crippen molar-refractivity contribution in [3.63, 3.8) is 0 Å². The van der Waals surface area contributed by atoms with Gasteiger partial charge in [0.2, 0.25) is 0 Å². The molecule has 1 saturated heterocycles. The van der Waals surface area contributed by atoms with Crippen LogP contribution in [0.4, 0.5) is 0 Å². The molecule has 0 saturated carbocycles. The van der Waals surface area contributed by atoms with Crippen LogP contribution in [0.25, 0.3) is 0 Å². The summed E-state index contributed by atoms with van der Waals surface area (Å²) in [5.41, 5.74) is 1.36. The Morgan fingerprint density at radius 1 is 1.33 bits per heavy atom. The molecule has 1 aromatic carbocycles. The fourth-order valence-electron chi connectivity index (χ4n) is 3.45. The minimum Gasteiger partial charge on any atom is -0.396 e. The van der Waals surface area contributed by atoms with Gasteiger partial charge in [-0.05, 0) is 38.8 Å². The first-order chi connectivity index (χ1) is 13.1. The van der Waals surface area contributed by atoms with Crippen molar-refractivity contribution >= 4 is 5.96 Å². The first kappa shape index (κ1) is 21.7. The summed E-state index contributed by atoms with van der Waals surface area (Å²) in [6.45, 7) is 6.53. The fourth-order valence-corrected chi connectivity index (χ4v) is 3.45. The average Bonchev–Trinajstić information content (AvgIpc) is 3.14. The largest absolute Gasteiger partial charge is 0.396 e. The van der Waals surface area contributed by atoms with E-state index in [0.717, 1.165) is 51.5 Å². The van der Waals surface area contributed by atoms with Crippen LogP contribution in [0.2, 0.25) is 0 Å². The highest BCUT2D eigenvalue weighted by Crippen LogP contribution is 2.31. The summed E-state index contributed by atoms with van der Waals surface area (Å²) < 4.78 is 5.55. The third-order valence-electron chi connectivity index (χ3n) is 5.56. The number of hydrogen-bond acceptors (Lipinski definition) is 4. The van der Waals surface area contributed by atoms with E-state index in [2.05, 4.69) is 64.8 Å². The van der Waals surface area contributed by atoms with Crippen LogP contribution in [-0.2, 0) is 11.3 Å². The van der Waals surface area contributed by atoms with Crippen LogP contribution in [0.1, 0.15) is 31.7 Å². The fraction of sp³-hybridized carbons (Fsp3) is 0.667. The molecule has 0 aliphatic carbocycles. The lowest BCUT2D eigenvalue weighted by atomic mass is 9.84. The van der Waals surface area contributed by atoms with Crippen molar-refractivity contribution in [2.45, 2.75) is 38.8 Å². The third kappa shape index (κ3) is 7.13. The van der Waals surface area contributed by atoms with Crippen molar-refractivity contribution in [2.24, 2.45) is 10.4 Å². The maximum atomic E-state index is 9.34. The van der Waals surface area contributed by atoms with E-state index in [1.807, 2.05) is 0 Å². The van der Waals surface area contributed by atoms with E-state index in [-0.39, 0.29) is 12.0 Å². The van der Waals surface area contributed by atoms with Crippen molar-refractivity contribution in [1.82, 2.24) is 15.5 Å². The molecular formula is C21H36N4O2. The molecule has 27 heavy (non-hydrogen) atoms. The van der Waals surface area contributed by atoms with Crippen LogP contribution in [0.3, 0.4) is 0 Å². The number of nitrogens with one attached hydrogen (secondary N) is 2. The molecule has 1 aliphatic rings. The Morgan fingerprint density at radius 2 is 2.11 bits per heavy atom. The van der Waals surface area contributed by atoms with Gasteiger partial charge >= 0.3 is 0 Å². The molecule has 6 nitrogen and oxygen atoms in total. The Balaban J connectivity index is 1.70. The van der Waals surface area contributed by atoms with E-state index >= 15 is 0 Å². The quantitative estimate of drug-likeness (QED) is 0.429. The number of hydrogen-bond donors (Lipinski definition) is 3. The van der Waals surface area contributed by atoms with Gasteiger partial charge in [-0.2, -0.15) is 0 Å². The normalized spacial score (nSPS) is 21.4. The van der Waals surface area contributed by atoms with Crippen LogP contribution in [0, 0.1) is 5.41 Å². The molecule has 2 unspecified atom stereocenters. The molecule has 0 bridgehead atoms. The predicted octanol–water partition coefficient (Wildman–Crippen LogP) is 1.85. The zero-order chi connectivity index (χ0) is 19.5. The average molecular weight is 377 g/mol. The number of aliphatic hydroxyl groups is 1. The van der Waals surface area contributed by atoms with Crippen LogP contribution in [0.5, 0.6) is 0 Å². The SMILES string of the molecule is CN=C(NCCC(C)N(C)Cc1ccccc1)NCC1(CCO)CCOC1. The summed E-state index contributed by atoms with van der Waals surface area (Å²) in [5.74, 6) is 0.817. The molecule has 6 heteroatoms. The smallest absolute Gasteiger partial charge is 0.190 e. The minimum atomic E-state index is 0.0234. The second kappa shape index (κ2) is 11.3. The monoisotopic (exact) mass is 376 g/mol. The summed E-state index contributed by atoms with van der Waals surface area (Å²) in [6.07, 6.45) is 2.78. The van der Waals surface area contributed by atoms with Crippen LogP contribution in [-0.4, -0.2) is 69.0 Å². The molecule has 1 aromatic rings. The molecule has 1 heterocycles. The molecule has 1 aliphatic heterocycles. The molecule has 2 atom stereocenters. The maximum absolute atomic E-state index is 9.34. The van der Waals surface area contributed by atoms with Gasteiger partial charge in [0.25, 0.3) is 0 Å². The number of rotatable bonds is 10. The number of ether oxygens (including phenoxy) is 1. The van der Waals surface area contributed by atoms with Crippen LogP contribution in [0.15, 0.2) is 35.3 Å². The van der Waals surface area contributed by atoms with Gasteiger partial charge in [-0.15, -0.1) is 0 Å². The van der Waals surface area contributed by atoms with Crippen molar-refractivity contribution in [3.05, 3.63) is 35.9 Å². The number of guanidine groups is 1. The van der Waals surface area contributed by atoms with Gasteiger partial charge in [-0.25, -0.2) is 0 Å². The van der Waals surface area contributed by atoms with Crippen molar-refractivity contribution < 1.29 is 9.84 Å². The first-order valence-electron chi connectivity index (χ1n) is 9.96. The van der Waals surface area contributed by atoms with Crippen molar-refractivity contribution in [1.29, 1.82) is 0 Å². The highest BCUT2D eigenvalue weighted by molar-refractivity contribution is 5.79. The van der Waals surface area contributed by atoms with Gasteiger partial charge < -0.3 is 20.5 Å². The second-order valence-corrected chi connectivity index (χ2v) is 7.67. The Kier molecular flexibility index (Phi) is 9.04. The van der Waals surface area contributed by atoms with E-state index in [1.54, 1.807) is 7.05 Å². The molecule has 3 N–H and O–H groups in total.